The number of likely N-dealkylation sites (tertiary alicyclic amines) is 1. The van der Waals surface area contributed by atoms with Crippen molar-refractivity contribution in [2.24, 2.45) is 0 Å². The summed E-state index contributed by atoms with van der Waals surface area (Å²) in [6, 6.07) is 1.20. The lowest BCUT2D eigenvalue weighted by Gasteiger charge is -2.31. The number of hydrogen-bond acceptors (Lipinski definition) is 2. The molecule has 0 N–H and O–H groups in total. The standard InChI is InChI=1S/C14H14Br2FNO/c15-9-7-10(17)12-8(13(9)16)6-11(14(12)19)18-4-2-1-3-5-18/h7,11H,1-6H2. The summed E-state index contributed by atoms with van der Waals surface area (Å²) >= 11 is 6.78. The maximum Gasteiger partial charge on any atom is 0.183 e. The molecule has 1 atom stereocenters. The second-order valence-electron chi connectivity index (χ2n) is 5.19. The average molecular weight is 391 g/mol. The number of carbonyl (C=O) groups excluding carboxylic acids is 1. The third-order valence-corrected chi connectivity index (χ3v) is 6.11. The molecule has 1 heterocycles. The SMILES string of the molecule is O=C1c2c(F)cc(Br)c(Br)c2CC1N1CCCCC1. The first-order chi connectivity index (χ1) is 9.09. The highest BCUT2D eigenvalue weighted by molar-refractivity contribution is 9.13. The van der Waals surface area contributed by atoms with E-state index in [1.807, 2.05) is 0 Å². The molecule has 0 aromatic heterocycles. The van der Waals surface area contributed by atoms with Crippen LogP contribution in [0.5, 0.6) is 0 Å². The zero-order valence-electron chi connectivity index (χ0n) is 10.4. The van der Waals surface area contributed by atoms with Gasteiger partial charge >= 0.3 is 0 Å². The van der Waals surface area contributed by atoms with E-state index < -0.39 is 5.82 Å². The minimum Gasteiger partial charge on any atom is -0.293 e. The second-order valence-corrected chi connectivity index (χ2v) is 6.84. The maximum absolute atomic E-state index is 14.0. The van der Waals surface area contributed by atoms with E-state index in [0.717, 1.165) is 36.0 Å². The summed E-state index contributed by atoms with van der Waals surface area (Å²) in [7, 11) is 0. The van der Waals surface area contributed by atoms with Gasteiger partial charge in [0.1, 0.15) is 5.82 Å². The number of nitrogens with zero attached hydrogens (tertiary/aromatic N) is 1. The number of fused-ring (bicyclic) bond motifs is 1. The molecule has 1 aliphatic carbocycles. The van der Waals surface area contributed by atoms with Crippen molar-refractivity contribution in [1.29, 1.82) is 0 Å². The van der Waals surface area contributed by atoms with E-state index in [1.54, 1.807) is 0 Å². The lowest BCUT2D eigenvalue weighted by Crippen LogP contribution is -2.42. The maximum atomic E-state index is 14.0. The number of carbonyl (C=O) groups is 1. The molecule has 102 valence electrons. The Morgan fingerprint density at radius 2 is 1.89 bits per heavy atom. The molecule has 0 radical (unpaired) electrons. The van der Waals surface area contributed by atoms with Gasteiger partial charge in [-0.3, -0.25) is 9.69 Å². The Labute approximate surface area is 128 Å². The number of hydrogen-bond donors (Lipinski definition) is 0. The Bertz CT molecular complexity index is 541. The third-order valence-electron chi connectivity index (χ3n) is 4.05. The molecule has 1 aliphatic heterocycles. The largest absolute Gasteiger partial charge is 0.293 e. The number of Topliss-reactive ketones (excluding diaryl/α,β-unsaturated/α-hetero) is 1. The van der Waals surface area contributed by atoms with Gasteiger partial charge in [0, 0.05) is 8.95 Å². The molecular weight excluding hydrogens is 377 g/mol. The van der Waals surface area contributed by atoms with E-state index in [9.17, 15) is 9.18 Å². The molecule has 0 amide bonds. The zero-order valence-corrected chi connectivity index (χ0v) is 13.6. The molecule has 0 bridgehead atoms. The minimum absolute atomic E-state index is 0.0531. The van der Waals surface area contributed by atoms with Gasteiger partial charge in [0.15, 0.2) is 5.78 Å². The summed E-state index contributed by atoms with van der Waals surface area (Å²) in [4.78, 5) is 14.7. The molecule has 2 nitrogen and oxygen atoms in total. The monoisotopic (exact) mass is 389 g/mol. The molecule has 1 saturated heterocycles. The molecule has 3 rings (SSSR count). The van der Waals surface area contributed by atoms with Crippen LogP contribution < -0.4 is 0 Å². The quantitative estimate of drug-likeness (QED) is 0.677. The van der Waals surface area contributed by atoms with Gasteiger partial charge in [0.25, 0.3) is 0 Å². The first kappa shape index (κ1) is 13.7. The molecule has 0 spiro atoms. The van der Waals surface area contributed by atoms with E-state index in [1.165, 1.54) is 12.5 Å². The van der Waals surface area contributed by atoms with Crippen molar-refractivity contribution in [3.05, 3.63) is 32.0 Å². The van der Waals surface area contributed by atoms with Crippen LogP contribution in [-0.2, 0) is 6.42 Å². The highest BCUT2D eigenvalue weighted by Gasteiger charge is 2.38. The zero-order chi connectivity index (χ0) is 13.6. The number of rotatable bonds is 1. The van der Waals surface area contributed by atoms with E-state index >= 15 is 0 Å². The number of ketones is 1. The molecular formula is C14H14Br2FNO. The van der Waals surface area contributed by atoms with Crippen molar-refractivity contribution in [3.8, 4) is 0 Å². The first-order valence-electron chi connectivity index (χ1n) is 6.54. The van der Waals surface area contributed by atoms with E-state index in [0.29, 0.717) is 10.9 Å². The normalized spacial score (nSPS) is 23.7. The van der Waals surface area contributed by atoms with Crippen molar-refractivity contribution in [3.63, 3.8) is 0 Å². The van der Waals surface area contributed by atoms with Crippen molar-refractivity contribution in [1.82, 2.24) is 4.90 Å². The molecule has 19 heavy (non-hydrogen) atoms. The van der Waals surface area contributed by atoms with Crippen molar-refractivity contribution in [2.45, 2.75) is 31.7 Å². The van der Waals surface area contributed by atoms with E-state index in [-0.39, 0.29) is 17.4 Å². The van der Waals surface area contributed by atoms with Gasteiger partial charge in [-0.05, 0) is 75.8 Å². The summed E-state index contributed by atoms with van der Waals surface area (Å²) in [5, 5.41) is 0. The molecule has 1 fully saturated rings. The van der Waals surface area contributed by atoms with Crippen LogP contribution in [0.1, 0.15) is 35.2 Å². The van der Waals surface area contributed by atoms with Crippen molar-refractivity contribution < 1.29 is 9.18 Å². The Morgan fingerprint density at radius 1 is 1.21 bits per heavy atom. The average Bonchev–Trinajstić information content (AvgIpc) is 2.76. The lowest BCUT2D eigenvalue weighted by molar-refractivity contribution is 0.0808. The lowest BCUT2D eigenvalue weighted by atomic mass is 10.1. The van der Waals surface area contributed by atoms with Crippen LogP contribution in [0.2, 0.25) is 0 Å². The molecule has 1 aromatic carbocycles. The molecule has 5 heteroatoms. The Kier molecular flexibility index (Phi) is 3.80. The smallest absolute Gasteiger partial charge is 0.183 e. The predicted octanol–water partition coefficient (Wildman–Crippen LogP) is 3.94. The van der Waals surface area contributed by atoms with Crippen LogP contribution in [0.15, 0.2) is 15.0 Å². The van der Waals surface area contributed by atoms with Crippen molar-refractivity contribution in [2.75, 3.05) is 13.1 Å². The van der Waals surface area contributed by atoms with Gasteiger partial charge in [-0.15, -0.1) is 0 Å². The second kappa shape index (κ2) is 5.26. The van der Waals surface area contributed by atoms with Gasteiger partial charge in [-0.1, -0.05) is 6.42 Å². The van der Waals surface area contributed by atoms with Gasteiger partial charge in [-0.2, -0.15) is 0 Å². The fourth-order valence-electron chi connectivity index (χ4n) is 3.08. The first-order valence-corrected chi connectivity index (χ1v) is 8.13. The summed E-state index contributed by atoms with van der Waals surface area (Å²) < 4.78 is 15.5. The predicted molar refractivity (Wildman–Crippen MR) is 79.0 cm³/mol. The van der Waals surface area contributed by atoms with Gasteiger partial charge in [-0.25, -0.2) is 4.39 Å². The topological polar surface area (TPSA) is 20.3 Å². The van der Waals surface area contributed by atoms with Crippen LogP contribution in [0.25, 0.3) is 0 Å². The number of halogens is 3. The summed E-state index contributed by atoms with van der Waals surface area (Å²) in [6.07, 6.45) is 4.11. The Hall–Kier alpha value is -0.260. The van der Waals surface area contributed by atoms with Gasteiger partial charge in [0.2, 0.25) is 0 Å². The highest BCUT2D eigenvalue weighted by Crippen LogP contribution is 2.38. The van der Waals surface area contributed by atoms with Crippen LogP contribution in [0, 0.1) is 5.82 Å². The van der Waals surface area contributed by atoms with E-state index in [4.69, 9.17) is 0 Å². The Morgan fingerprint density at radius 3 is 2.58 bits per heavy atom. The number of benzene rings is 1. The third kappa shape index (κ3) is 2.30. The Balaban J connectivity index is 1.97. The summed E-state index contributed by atoms with van der Waals surface area (Å²) in [6.45, 7) is 1.90. The minimum atomic E-state index is -0.408. The van der Waals surface area contributed by atoms with E-state index in [2.05, 4.69) is 36.8 Å². The summed E-state index contributed by atoms with van der Waals surface area (Å²) in [5.74, 6) is -0.461. The van der Waals surface area contributed by atoms with Crippen LogP contribution in [-0.4, -0.2) is 29.8 Å². The summed E-state index contributed by atoms with van der Waals surface area (Å²) in [5.41, 5.74) is 1.10. The van der Waals surface area contributed by atoms with Crippen LogP contribution in [0.4, 0.5) is 4.39 Å². The molecule has 2 aliphatic rings. The molecule has 0 saturated carbocycles. The molecule has 1 unspecified atom stereocenters. The fourth-order valence-corrected chi connectivity index (χ4v) is 4.00. The fraction of sp³-hybridized carbons (Fsp3) is 0.500. The van der Waals surface area contributed by atoms with Crippen molar-refractivity contribution >= 4 is 37.6 Å². The van der Waals surface area contributed by atoms with Crippen LogP contribution in [0.3, 0.4) is 0 Å². The van der Waals surface area contributed by atoms with Crippen LogP contribution >= 0.6 is 31.9 Å². The highest BCUT2D eigenvalue weighted by atomic mass is 79.9. The van der Waals surface area contributed by atoms with Gasteiger partial charge in [0.05, 0.1) is 11.6 Å². The number of piperidine rings is 1. The van der Waals surface area contributed by atoms with Gasteiger partial charge < -0.3 is 0 Å². The molecule has 1 aromatic rings.